The molecule has 6 bridgehead atoms. The predicted molar refractivity (Wildman–Crippen MR) is 152 cm³/mol. The smallest absolute Gasteiger partial charge is 0.387 e. The van der Waals surface area contributed by atoms with E-state index >= 15 is 0 Å². The van der Waals surface area contributed by atoms with Gasteiger partial charge in [0.1, 0.15) is 17.1 Å². The van der Waals surface area contributed by atoms with Gasteiger partial charge in [-0.15, -0.1) is 0 Å². The number of amides is 2. The highest BCUT2D eigenvalue weighted by atomic mass is 19.3. The number of rotatable bonds is 3. The van der Waals surface area contributed by atoms with E-state index in [2.05, 4.69) is 11.4 Å². The van der Waals surface area contributed by atoms with E-state index in [-0.39, 0.29) is 35.6 Å². The Balaban J connectivity index is 1.64. The number of guanidine groups is 1. The Labute approximate surface area is 238 Å². The molecule has 0 saturated heterocycles. The Bertz CT molecular complexity index is 1420. The first kappa shape index (κ1) is 28.6. The number of alkyl halides is 2. The van der Waals surface area contributed by atoms with E-state index in [1.54, 1.807) is 13.0 Å². The minimum absolute atomic E-state index is 0.0662. The molecule has 4 aliphatic rings. The number of fused-ring (bicyclic) bond motifs is 4. The Morgan fingerprint density at radius 3 is 2.71 bits per heavy atom. The maximum atomic E-state index is 13.7. The van der Waals surface area contributed by atoms with Crippen LogP contribution in [0, 0.1) is 0 Å². The average Bonchev–Trinajstić information content (AvgIpc) is 2.89. The highest BCUT2D eigenvalue weighted by molar-refractivity contribution is 6.00. The van der Waals surface area contributed by atoms with Gasteiger partial charge in [-0.1, -0.05) is 25.1 Å². The Kier molecular flexibility index (Phi) is 7.52. The Morgan fingerprint density at radius 1 is 1.22 bits per heavy atom. The second kappa shape index (κ2) is 10.8. The molecule has 0 spiro atoms. The van der Waals surface area contributed by atoms with Crippen LogP contribution in [0.5, 0.6) is 11.5 Å². The highest BCUT2D eigenvalue weighted by Gasteiger charge is 2.40. The van der Waals surface area contributed by atoms with Crippen molar-refractivity contribution in [2.75, 3.05) is 0 Å². The summed E-state index contributed by atoms with van der Waals surface area (Å²) >= 11 is 0. The molecule has 4 heterocycles. The van der Waals surface area contributed by atoms with E-state index in [1.165, 1.54) is 17.0 Å². The van der Waals surface area contributed by atoms with Gasteiger partial charge in [0.05, 0.1) is 24.0 Å². The third-order valence-corrected chi connectivity index (χ3v) is 8.17. The molecule has 3 atom stereocenters. The van der Waals surface area contributed by atoms with Crippen molar-refractivity contribution in [1.82, 2.24) is 10.2 Å². The predicted octanol–water partition coefficient (Wildman–Crippen LogP) is 5.88. The largest absolute Gasteiger partial charge is 0.487 e. The summed E-state index contributed by atoms with van der Waals surface area (Å²) in [6, 6.07) is 9.04. The molecule has 10 heteroatoms. The molecule has 8 nitrogen and oxygen atoms in total. The summed E-state index contributed by atoms with van der Waals surface area (Å²) in [6.45, 7) is 4.52. The van der Waals surface area contributed by atoms with Gasteiger partial charge in [0.2, 0.25) is 5.91 Å². The fraction of sp³-hybridized carbons (Fsp3) is 0.452. The summed E-state index contributed by atoms with van der Waals surface area (Å²) in [5, 5.41) is 3.08. The monoisotopic (exact) mass is 566 g/mol. The molecule has 0 aliphatic carbocycles. The van der Waals surface area contributed by atoms with Gasteiger partial charge in [0, 0.05) is 17.5 Å². The van der Waals surface area contributed by atoms with Gasteiger partial charge < -0.3 is 20.5 Å². The SMILES string of the molecule is CC[C@@]12CC/C=C\c3ccc4c(c3)[C@H](CC(C)(C)O4)NC(=O)c3cc(OC(F)F)cc(c3)[C@@H](C)N(C(=O)C1)C(N)=N2. The molecule has 2 amide bonds. The van der Waals surface area contributed by atoms with Crippen LogP contribution in [0.3, 0.4) is 0 Å². The number of aliphatic imine (C=N–C) groups is 1. The first-order chi connectivity index (χ1) is 19.4. The van der Waals surface area contributed by atoms with Gasteiger partial charge in [0.25, 0.3) is 5.91 Å². The zero-order valence-corrected chi connectivity index (χ0v) is 23.7. The first-order valence-electron chi connectivity index (χ1n) is 14.0. The molecule has 0 radical (unpaired) electrons. The summed E-state index contributed by atoms with van der Waals surface area (Å²) in [7, 11) is 0. The Hall–Kier alpha value is -3.95. The minimum Gasteiger partial charge on any atom is -0.487 e. The molecule has 4 aliphatic heterocycles. The second-order valence-electron chi connectivity index (χ2n) is 11.7. The van der Waals surface area contributed by atoms with E-state index in [9.17, 15) is 18.4 Å². The first-order valence-corrected chi connectivity index (χ1v) is 14.0. The number of hydrogen-bond acceptors (Lipinski definition) is 6. The van der Waals surface area contributed by atoms with E-state index in [0.29, 0.717) is 37.0 Å². The topological polar surface area (TPSA) is 106 Å². The molecular formula is C31H36F2N4O4. The molecule has 2 aromatic carbocycles. The molecular weight excluding hydrogens is 530 g/mol. The van der Waals surface area contributed by atoms with Crippen LogP contribution in [0.25, 0.3) is 6.08 Å². The van der Waals surface area contributed by atoms with Gasteiger partial charge in [-0.25, -0.2) is 4.99 Å². The zero-order valence-electron chi connectivity index (χ0n) is 23.7. The van der Waals surface area contributed by atoms with Crippen molar-refractivity contribution in [1.29, 1.82) is 0 Å². The third-order valence-electron chi connectivity index (χ3n) is 8.17. The van der Waals surface area contributed by atoms with E-state index in [4.69, 9.17) is 20.2 Å². The number of ether oxygens (including phenoxy) is 2. The average molecular weight is 567 g/mol. The summed E-state index contributed by atoms with van der Waals surface area (Å²) in [6.07, 6.45) is 6.69. The van der Waals surface area contributed by atoms with Gasteiger partial charge in [-0.2, -0.15) is 8.78 Å². The lowest BCUT2D eigenvalue weighted by atomic mass is 9.85. The number of carbonyl (C=O) groups excluding carboxylic acids is 2. The summed E-state index contributed by atoms with van der Waals surface area (Å²) < 4.78 is 37.5. The molecule has 2 aromatic rings. The lowest BCUT2D eigenvalue weighted by Gasteiger charge is -2.39. The van der Waals surface area contributed by atoms with Gasteiger partial charge in [-0.05, 0) is 81.5 Å². The maximum absolute atomic E-state index is 13.7. The number of nitrogens with zero attached hydrogens (tertiary/aromatic N) is 2. The molecule has 0 saturated carbocycles. The standard InChI is InChI=1S/C31H36F2N4O4/c1-5-31-11-7-6-8-19-9-10-25-23(12-19)24(16-30(3,4)41-25)35-27(39)21-13-20(14-22(15-21)40-28(32)33)18(2)37(26(38)17-31)29(34)36-31/h6,8-10,12-15,18,24,28H,5,7,11,16-17H2,1-4H3,(H2,34,36)(H,35,39)/b8-6-/t18-,24+,31-/m1/s1. The van der Waals surface area contributed by atoms with Crippen LogP contribution in [0.15, 0.2) is 47.5 Å². The lowest BCUT2D eigenvalue weighted by molar-refractivity contribution is -0.131. The summed E-state index contributed by atoms with van der Waals surface area (Å²) in [5.41, 5.74) is 7.52. The van der Waals surface area contributed by atoms with Gasteiger partial charge >= 0.3 is 6.61 Å². The van der Waals surface area contributed by atoms with E-state index in [1.807, 2.05) is 45.0 Å². The number of hydrogen-bond donors (Lipinski definition) is 2. The van der Waals surface area contributed by atoms with Crippen LogP contribution < -0.4 is 20.5 Å². The van der Waals surface area contributed by atoms with Crippen molar-refractivity contribution < 1.29 is 27.8 Å². The number of benzene rings is 2. The number of nitrogens with two attached hydrogens (primary N) is 1. The van der Waals surface area contributed by atoms with E-state index < -0.39 is 29.7 Å². The molecule has 0 fully saturated rings. The van der Waals surface area contributed by atoms with Crippen LogP contribution in [0.2, 0.25) is 0 Å². The van der Waals surface area contributed by atoms with Crippen molar-refractivity contribution in [3.05, 3.63) is 64.7 Å². The van der Waals surface area contributed by atoms with Crippen LogP contribution in [0.4, 0.5) is 8.78 Å². The van der Waals surface area contributed by atoms with Crippen LogP contribution in [-0.2, 0) is 4.79 Å². The van der Waals surface area contributed by atoms with Crippen molar-refractivity contribution >= 4 is 23.8 Å². The van der Waals surface area contributed by atoms with Gasteiger partial charge in [-0.3, -0.25) is 14.5 Å². The van der Waals surface area contributed by atoms with Crippen LogP contribution in [-0.4, -0.2) is 40.4 Å². The molecule has 0 aromatic heterocycles. The fourth-order valence-electron chi connectivity index (χ4n) is 6.00. The zero-order chi connectivity index (χ0) is 29.5. The van der Waals surface area contributed by atoms with Crippen molar-refractivity contribution in [3.8, 4) is 11.5 Å². The fourth-order valence-corrected chi connectivity index (χ4v) is 6.00. The van der Waals surface area contributed by atoms with Crippen molar-refractivity contribution in [2.45, 2.75) is 89.6 Å². The Morgan fingerprint density at radius 2 is 2.00 bits per heavy atom. The number of halogens is 2. The molecule has 3 N–H and O–H groups in total. The molecule has 0 unspecified atom stereocenters. The van der Waals surface area contributed by atoms with Crippen LogP contribution >= 0.6 is 0 Å². The number of nitrogens with one attached hydrogen (secondary N) is 1. The van der Waals surface area contributed by atoms with Crippen molar-refractivity contribution in [3.63, 3.8) is 0 Å². The van der Waals surface area contributed by atoms with E-state index in [0.717, 1.165) is 11.1 Å². The normalized spacial score (nSPS) is 26.4. The summed E-state index contributed by atoms with van der Waals surface area (Å²) in [4.78, 5) is 33.3. The minimum atomic E-state index is -3.09. The maximum Gasteiger partial charge on any atom is 0.387 e. The summed E-state index contributed by atoms with van der Waals surface area (Å²) in [5.74, 6) is -0.123. The highest BCUT2D eigenvalue weighted by Crippen LogP contribution is 2.41. The number of carbonyl (C=O) groups is 2. The molecule has 6 rings (SSSR count). The lowest BCUT2D eigenvalue weighted by Crippen LogP contribution is -2.52. The molecule has 41 heavy (non-hydrogen) atoms. The van der Waals surface area contributed by atoms with Crippen LogP contribution in [0.1, 0.15) is 98.9 Å². The number of allylic oxidation sites excluding steroid dienone is 1. The quantitative estimate of drug-likeness (QED) is 0.482. The second-order valence-corrected chi connectivity index (χ2v) is 11.7. The van der Waals surface area contributed by atoms with Gasteiger partial charge in [0.15, 0.2) is 5.96 Å². The van der Waals surface area contributed by atoms with Crippen molar-refractivity contribution in [2.24, 2.45) is 10.7 Å². The third kappa shape index (κ3) is 5.92. The molecule has 218 valence electrons.